The maximum Gasteiger partial charge on any atom is 0.0991 e. The van der Waals surface area contributed by atoms with Crippen molar-refractivity contribution in [3.63, 3.8) is 0 Å². The summed E-state index contributed by atoms with van der Waals surface area (Å²) < 4.78 is 0. The first kappa shape index (κ1) is 37.6. The number of aromatic nitrogens is 2. The Morgan fingerprint density at radius 2 is 1.13 bits per heavy atom. The maximum atomic E-state index is 9.25. The Hall–Kier alpha value is -5.72. The Morgan fingerprint density at radius 1 is 0.509 bits per heavy atom. The molecule has 0 aliphatic heterocycles. The molecular formula is C51H41IrN3-2. The van der Waals surface area contributed by atoms with Gasteiger partial charge < -0.3 is 9.97 Å². The molecule has 0 unspecified atom stereocenters. The second-order valence-electron chi connectivity index (χ2n) is 16.1. The molecule has 0 saturated heterocycles. The van der Waals surface area contributed by atoms with E-state index in [1.54, 1.807) is 0 Å². The molecule has 7 aromatic carbocycles. The van der Waals surface area contributed by atoms with Gasteiger partial charge in [0.15, 0.2) is 0 Å². The SMILES string of the molecule is CC(C)(C)c1cc[c-]c(-c2cc(C(C)(C)C)ccn2)c1.N#Cc1ccc2c(ccc3c4ccnc(-c5[c-]cc6c(ccc7ccccc76)c5)c4ccc23)c1.[Ir]. The van der Waals surface area contributed by atoms with Crippen LogP contribution in [0.4, 0.5) is 0 Å². The summed E-state index contributed by atoms with van der Waals surface area (Å²) in [6, 6.07) is 53.3. The van der Waals surface area contributed by atoms with Crippen molar-refractivity contribution >= 4 is 53.9 Å². The molecule has 0 fully saturated rings. The topological polar surface area (TPSA) is 49.6 Å². The Balaban J connectivity index is 0.000000191. The van der Waals surface area contributed by atoms with Crippen LogP contribution in [0.3, 0.4) is 0 Å². The second-order valence-corrected chi connectivity index (χ2v) is 16.1. The maximum absolute atomic E-state index is 9.25. The van der Waals surface area contributed by atoms with E-state index >= 15 is 0 Å². The average Bonchev–Trinajstić information content (AvgIpc) is 3.19. The van der Waals surface area contributed by atoms with Crippen molar-refractivity contribution in [1.29, 1.82) is 5.26 Å². The Kier molecular flexibility index (Phi) is 10.1. The zero-order valence-electron chi connectivity index (χ0n) is 32.0. The van der Waals surface area contributed by atoms with Gasteiger partial charge in [-0.05, 0) is 89.8 Å². The first-order valence-electron chi connectivity index (χ1n) is 18.4. The molecule has 0 aliphatic carbocycles. The molecule has 0 bridgehead atoms. The van der Waals surface area contributed by atoms with E-state index < -0.39 is 0 Å². The normalized spacial score (nSPS) is 11.7. The number of pyridine rings is 2. The number of hydrogen-bond donors (Lipinski definition) is 0. The first-order valence-corrected chi connectivity index (χ1v) is 18.4. The van der Waals surface area contributed by atoms with Crippen LogP contribution in [0, 0.1) is 23.5 Å². The molecule has 0 spiro atoms. The summed E-state index contributed by atoms with van der Waals surface area (Å²) in [6.07, 6.45) is 3.78. The van der Waals surface area contributed by atoms with Crippen molar-refractivity contribution in [2.75, 3.05) is 0 Å². The summed E-state index contributed by atoms with van der Waals surface area (Å²) in [5, 5.41) is 21.0. The monoisotopic (exact) mass is 888 g/mol. The number of nitriles is 1. The largest absolute Gasteiger partial charge is 0.305 e. The number of nitrogens with zero attached hydrogens (tertiary/aromatic N) is 3. The van der Waals surface area contributed by atoms with Gasteiger partial charge in [-0.2, -0.15) is 5.26 Å². The van der Waals surface area contributed by atoms with E-state index in [9.17, 15) is 5.26 Å². The van der Waals surface area contributed by atoms with Gasteiger partial charge in [-0.1, -0.05) is 125 Å². The summed E-state index contributed by atoms with van der Waals surface area (Å²) in [6.45, 7) is 13.4. The smallest absolute Gasteiger partial charge is 0.0991 e. The van der Waals surface area contributed by atoms with Gasteiger partial charge in [-0.15, -0.1) is 64.5 Å². The Morgan fingerprint density at radius 3 is 1.93 bits per heavy atom. The van der Waals surface area contributed by atoms with Gasteiger partial charge in [0.05, 0.1) is 11.6 Å². The van der Waals surface area contributed by atoms with Crippen molar-refractivity contribution in [2.45, 2.75) is 52.4 Å². The summed E-state index contributed by atoms with van der Waals surface area (Å²) in [5.74, 6) is 0. The van der Waals surface area contributed by atoms with Gasteiger partial charge in [0.1, 0.15) is 0 Å². The number of hydrogen-bond acceptors (Lipinski definition) is 3. The van der Waals surface area contributed by atoms with Gasteiger partial charge in [-0.3, -0.25) is 0 Å². The van der Waals surface area contributed by atoms with E-state index in [4.69, 9.17) is 4.98 Å². The van der Waals surface area contributed by atoms with Gasteiger partial charge in [0.25, 0.3) is 0 Å². The van der Waals surface area contributed by atoms with Crippen LogP contribution in [0.15, 0.2) is 140 Å². The standard InChI is InChI=1S/C32H17N2.C19H24N.Ir/c33-19-20-5-10-27-22(17-20)8-12-29-28(27)13-14-31-30(29)15-16-34-32(31)24-9-11-26-23(18-24)7-6-21-3-1-2-4-25(21)26;1-18(2,3)15-9-7-8-14(12-15)17-13-16(10-11-20-17)19(4,5)6;/h1-8,10-18H;7,9-13H,1-6H3;/q2*-1;. The molecular weight excluding hydrogens is 847 g/mol. The number of rotatable bonds is 2. The van der Waals surface area contributed by atoms with E-state index in [0.717, 1.165) is 38.7 Å². The molecule has 55 heavy (non-hydrogen) atoms. The molecule has 0 atom stereocenters. The fourth-order valence-electron chi connectivity index (χ4n) is 7.30. The van der Waals surface area contributed by atoms with Crippen LogP contribution in [0.5, 0.6) is 0 Å². The molecule has 0 N–H and O–H groups in total. The van der Waals surface area contributed by atoms with E-state index in [1.807, 2.05) is 36.7 Å². The minimum absolute atomic E-state index is 0. The van der Waals surface area contributed by atoms with Crippen LogP contribution < -0.4 is 0 Å². The molecule has 1 radical (unpaired) electrons. The van der Waals surface area contributed by atoms with Crippen molar-refractivity contribution in [3.05, 3.63) is 169 Å². The summed E-state index contributed by atoms with van der Waals surface area (Å²) in [5.41, 5.74) is 7.59. The Bertz CT molecular complexity index is 2870. The van der Waals surface area contributed by atoms with Crippen LogP contribution in [-0.2, 0) is 30.9 Å². The van der Waals surface area contributed by atoms with Gasteiger partial charge >= 0.3 is 0 Å². The summed E-state index contributed by atoms with van der Waals surface area (Å²) >= 11 is 0. The molecule has 3 nitrogen and oxygen atoms in total. The average molecular weight is 888 g/mol. The third-order valence-corrected chi connectivity index (χ3v) is 10.4. The van der Waals surface area contributed by atoms with Gasteiger partial charge in [0.2, 0.25) is 0 Å². The molecule has 2 heterocycles. The van der Waals surface area contributed by atoms with Gasteiger partial charge in [-0.25, -0.2) is 0 Å². The van der Waals surface area contributed by atoms with E-state index in [0.29, 0.717) is 5.56 Å². The number of fused-ring (bicyclic) bond motifs is 8. The first-order chi connectivity index (χ1) is 26.0. The van der Waals surface area contributed by atoms with Crippen molar-refractivity contribution in [3.8, 4) is 28.6 Å². The molecule has 271 valence electrons. The third-order valence-electron chi connectivity index (χ3n) is 10.4. The fraction of sp³-hybridized carbons (Fsp3) is 0.157. The minimum Gasteiger partial charge on any atom is -0.305 e. The molecule has 9 aromatic rings. The van der Waals surface area contributed by atoms with Crippen molar-refractivity contribution in [2.24, 2.45) is 0 Å². The van der Waals surface area contributed by atoms with Gasteiger partial charge in [0, 0.05) is 32.5 Å². The predicted molar refractivity (Wildman–Crippen MR) is 227 cm³/mol. The van der Waals surface area contributed by atoms with Crippen molar-refractivity contribution in [1.82, 2.24) is 9.97 Å². The predicted octanol–water partition coefficient (Wildman–Crippen LogP) is 13.3. The van der Waals surface area contributed by atoms with E-state index in [-0.39, 0.29) is 30.9 Å². The minimum atomic E-state index is 0. The quantitative estimate of drug-likeness (QED) is 0.128. The Labute approximate surface area is 337 Å². The van der Waals surface area contributed by atoms with Crippen LogP contribution >= 0.6 is 0 Å². The molecule has 0 amide bonds. The second kappa shape index (κ2) is 14.8. The van der Waals surface area contributed by atoms with Crippen LogP contribution in [0.1, 0.15) is 58.2 Å². The molecule has 9 rings (SSSR count). The van der Waals surface area contributed by atoms with E-state index in [1.165, 1.54) is 48.8 Å². The number of benzene rings is 7. The summed E-state index contributed by atoms with van der Waals surface area (Å²) in [7, 11) is 0. The zero-order valence-corrected chi connectivity index (χ0v) is 34.3. The van der Waals surface area contributed by atoms with Crippen LogP contribution in [0.25, 0.3) is 76.4 Å². The van der Waals surface area contributed by atoms with Crippen LogP contribution in [-0.4, -0.2) is 9.97 Å². The van der Waals surface area contributed by atoms with Crippen molar-refractivity contribution < 1.29 is 20.1 Å². The van der Waals surface area contributed by atoms with Crippen LogP contribution in [0.2, 0.25) is 0 Å². The third kappa shape index (κ3) is 7.39. The molecule has 0 saturated carbocycles. The fourth-order valence-corrected chi connectivity index (χ4v) is 7.30. The zero-order chi connectivity index (χ0) is 37.6. The molecule has 2 aromatic heterocycles. The summed E-state index contributed by atoms with van der Waals surface area (Å²) in [4.78, 5) is 9.29. The molecule has 4 heteroatoms. The molecule has 0 aliphatic rings. The van der Waals surface area contributed by atoms with E-state index in [2.05, 4.69) is 168 Å².